The van der Waals surface area contributed by atoms with E-state index < -0.39 is 0 Å². The number of benzene rings is 3. The minimum absolute atomic E-state index is 0.199. The fourth-order valence-corrected chi connectivity index (χ4v) is 6.73. The molecule has 8 rings (SSSR count). The van der Waals surface area contributed by atoms with Gasteiger partial charge < -0.3 is 0 Å². The van der Waals surface area contributed by atoms with E-state index in [2.05, 4.69) is 102 Å². The molecule has 3 aromatic heterocycles. The van der Waals surface area contributed by atoms with Crippen molar-refractivity contribution in [3.63, 3.8) is 0 Å². The van der Waals surface area contributed by atoms with Gasteiger partial charge in [0.25, 0.3) is 0 Å². The molecule has 0 saturated heterocycles. The van der Waals surface area contributed by atoms with Crippen LogP contribution in [-0.2, 0) is 0 Å². The van der Waals surface area contributed by atoms with Crippen molar-refractivity contribution in [3.05, 3.63) is 120 Å². The molecule has 1 unspecified atom stereocenters. The molecule has 0 saturated carbocycles. The molecule has 1 atom stereocenters. The highest BCUT2D eigenvalue weighted by atomic mass is 32.1. The van der Waals surface area contributed by atoms with Crippen molar-refractivity contribution in [1.29, 1.82) is 0 Å². The van der Waals surface area contributed by atoms with Gasteiger partial charge in [0.05, 0.1) is 34.0 Å². The van der Waals surface area contributed by atoms with E-state index in [9.17, 15) is 0 Å². The lowest BCUT2D eigenvalue weighted by atomic mass is 9.85. The first-order chi connectivity index (χ1) is 17.8. The Morgan fingerprint density at radius 3 is 2.44 bits per heavy atom. The molecule has 4 heteroatoms. The number of rotatable bonds is 2. The smallest absolute Gasteiger partial charge is 0.0972 e. The van der Waals surface area contributed by atoms with E-state index >= 15 is 0 Å². The number of hydrogen-bond donors (Lipinski definition) is 0. The normalized spacial score (nSPS) is 16.3. The Labute approximate surface area is 211 Å². The summed E-state index contributed by atoms with van der Waals surface area (Å²) in [6, 6.07) is 29.9. The average molecular weight is 478 g/mol. The maximum Gasteiger partial charge on any atom is 0.0972 e. The summed E-state index contributed by atoms with van der Waals surface area (Å²) < 4.78 is 1.30. The summed E-state index contributed by atoms with van der Waals surface area (Å²) in [6.07, 6.45) is 8.35. The molecular formula is C32H19N3S. The predicted octanol–water partition coefficient (Wildman–Crippen LogP) is 8.49. The molecule has 0 amide bonds. The van der Waals surface area contributed by atoms with Gasteiger partial charge in [0.2, 0.25) is 0 Å². The summed E-state index contributed by atoms with van der Waals surface area (Å²) in [6.45, 7) is 0. The molecule has 0 spiro atoms. The van der Waals surface area contributed by atoms with Crippen molar-refractivity contribution in [2.75, 3.05) is 0 Å². The van der Waals surface area contributed by atoms with E-state index in [1.165, 1.54) is 26.1 Å². The average Bonchev–Trinajstić information content (AvgIpc) is 3.49. The third-order valence-electron chi connectivity index (χ3n) is 7.19. The Bertz CT molecular complexity index is 1940. The van der Waals surface area contributed by atoms with Crippen LogP contribution >= 0.6 is 11.3 Å². The molecule has 0 N–H and O–H groups in total. The molecule has 0 bridgehead atoms. The maximum atomic E-state index is 5.04. The first-order valence-electron chi connectivity index (χ1n) is 12.1. The monoisotopic (exact) mass is 477 g/mol. The molecule has 1 aliphatic heterocycles. The quantitative estimate of drug-likeness (QED) is 0.235. The molecule has 0 radical (unpaired) electrons. The van der Waals surface area contributed by atoms with Crippen LogP contribution in [0.3, 0.4) is 0 Å². The van der Waals surface area contributed by atoms with Crippen molar-refractivity contribution >= 4 is 60.2 Å². The lowest BCUT2D eigenvalue weighted by Crippen LogP contribution is -2.10. The van der Waals surface area contributed by atoms with E-state index in [1.807, 2.05) is 23.6 Å². The molecule has 36 heavy (non-hydrogen) atoms. The summed E-state index contributed by atoms with van der Waals surface area (Å²) >= 11 is 1.87. The largest absolute Gasteiger partial charge is 0.254 e. The summed E-state index contributed by atoms with van der Waals surface area (Å²) in [7, 11) is 0. The van der Waals surface area contributed by atoms with Gasteiger partial charge in [0.15, 0.2) is 0 Å². The molecule has 1 aliphatic carbocycles. The maximum absolute atomic E-state index is 5.04. The van der Waals surface area contributed by atoms with Crippen LogP contribution in [-0.4, -0.2) is 15.7 Å². The summed E-state index contributed by atoms with van der Waals surface area (Å²) in [5.74, 6) is 0.199. The van der Waals surface area contributed by atoms with Gasteiger partial charge in [0, 0.05) is 37.5 Å². The number of allylic oxidation sites excluding steroid dienone is 4. The van der Waals surface area contributed by atoms with Crippen LogP contribution in [0.25, 0.3) is 48.7 Å². The third kappa shape index (κ3) is 2.88. The molecule has 168 valence electrons. The highest BCUT2D eigenvalue weighted by molar-refractivity contribution is 7.20. The van der Waals surface area contributed by atoms with Crippen LogP contribution in [0.5, 0.6) is 0 Å². The van der Waals surface area contributed by atoms with Crippen LogP contribution in [0.4, 0.5) is 5.69 Å². The Morgan fingerprint density at radius 1 is 0.722 bits per heavy atom. The second-order valence-electron chi connectivity index (χ2n) is 9.25. The minimum Gasteiger partial charge on any atom is -0.254 e. The van der Waals surface area contributed by atoms with Crippen molar-refractivity contribution in [1.82, 2.24) is 9.97 Å². The Balaban J connectivity index is 1.19. The van der Waals surface area contributed by atoms with Gasteiger partial charge in [-0.05, 0) is 35.4 Å². The molecule has 6 aromatic rings. The first-order valence-corrected chi connectivity index (χ1v) is 12.9. The van der Waals surface area contributed by atoms with E-state index in [-0.39, 0.29) is 5.92 Å². The van der Waals surface area contributed by atoms with Gasteiger partial charge in [-0.3, -0.25) is 9.98 Å². The van der Waals surface area contributed by atoms with Crippen molar-refractivity contribution in [3.8, 4) is 11.3 Å². The Hall–Kier alpha value is -4.41. The van der Waals surface area contributed by atoms with Gasteiger partial charge >= 0.3 is 0 Å². The zero-order valence-electron chi connectivity index (χ0n) is 19.2. The lowest BCUT2D eigenvalue weighted by molar-refractivity contribution is 1.24. The summed E-state index contributed by atoms with van der Waals surface area (Å²) in [5, 5.41) is 3.47. The molecule has 4 heterocycles. The third-order valence-corrected chi connectivity index (χ3v) is 8.42. The second kappa shape index (κ2) is 7.54. The van der Waals surface area contributed by atoms with Crippen LogP contribution in [0.15, 0.2) is 114 Å². The number of pyridine rings is 2. The van der Waals surface area contributed by atoms with Gasteiger partial charge in [-0.1, -0.05) is 78.9 Å². The summed E-state index contributed by atoms with van der Waals surface area (Å²) in [4.78, 5) is 16.0. The van der Waals surface area contributed by atoms with Crippen LogP contribution < -0.4 is 0 Å². The SMILES string of the molecule is C1=CC2=Nc3c(sc4ccccc34)C2C(c2ccc(-c3ccc4ccc5cccnc5c4n3)cc2)=C1. The summed E-state index contributed by atoms with van der Waals surface area (Å²) in [5.41, 5.74) is 8.75. The van der Waals surface area contributed by atoms with E-state index in [1.54, 1.807) is 0 Å². The molecular weight excluding hydrogens is 458 g/mol. The van der Waals surface area contributed by atoms with Crippen molar-refractivity contribution in [2.24, 2.45) is 4.99 Å². The number of hydrogen-bond acceptors (Lipinski definition) is 4. The molecule has 3 nitrogen and oxygen atoms in total. The topological polar surface area (TPSA) is 38.1 Å². The Kier molecular flexibility index (Phi) is 4.16. The van der Waals surface area contributed by atoms with E-state index in [0.29, 0.717) is 0 Å². The highest BCUT2D eigenvalue weighted by Gasteiger charge is 2.34. The van der Waals surface area contributed by atoms with Gasteiger partial charge in [0.1, 0.15) is 0 Å². The minimum atomic E-state index is 0.199. The van der Waals surface area contributed by atoms with Crippen LogP contribution in [0, 0.1) is 0 Å². The fraction of sp³-hybridized carbons (Fsp3) is 0.0312. The highest BCUT2D eigenvalue weighted by Crippen LogP contribution is 2.52. The van der Waals surface area contributed by atoms with Crippen molar-refractivity contribution in [2.45, 2.75) is 5.92 Å². The number of thiophene rings is 1. The van der Waals surface area contributed by atoms with Gasteiger partial charge in [-0.15, -0.1) is 11.3 Å². The number of aromatic nitrogens is 2. The van der Waals surface area contributed by atoms with E-state index in [0.717, 1.165) is 44.5 Å². The van der Waals surface area contributed by atoms with E-state index in [4.69, 9.17) is 9.98 Å². The van der Waals surface area contributed by atoms with Crippen molar-refractivity contribution < 1.29 is 0 Å². The second-order valence-corrected chi connectivity index (χ2v) is 10.3. The van der Waals surface area contributed by atoms with Crippen LogP contribution in [0.1, 0.15) is 16.4 Å². The zero-order valence-corrected chi connectivity index (χ0v) is 20.0. The van der Waals surface area contributed by atoms with Crippen LogP contribution in [0.2, 0.25) is 0 Å². The fourth-order valence-electron chi connectivity index (χ4n) is 5.45. The standard InChI is InChI=1S/C32H19N3S/c1-2-9-27-24(6-1)31-32(36-27)28-23(7-3-8-26(28)35-31)19-10-12-20(13-11-19)25-17-16-22-15-14-21-5-4-18-33-29(21)30(22)34-25/h1-18,28H. The number of nitrogens with zero attached hydrogens (tertiary/aromatic N) is 3. The molecule has 0 fully saturated rings. The number of fused-ring (bicyclic) bond motifs is 8. The predicted molar refractivity (Wildman–Crippen MR) is 151 cm³/mol. The molecule has 2 aliphatic rings. The number of aliphatic imine (C=N–C) groups is 1. The Morgan fingerprint density at radius 2 is 1.53 bits per heavy atom. The first kappa shape index (κ1) is 19.8. The lowest BCUT2D eigenvalue weighted by Gasteiger charge is -2.19. The zero-order chi connectivity index (χ0) is 23.6. The molecule has 3 aromatic carbocycles. The van der Waals surface area contributed by atoms with Gasteiger partial charge in [-0.25, -0.2) is 4.98 Å². The van der Waals surface area contributed by atoms with Gasteiger partial charge in [-0.2, -0.15) is 0 Å².